The van der Waals surface area contributed by atoms with Crippen molar-refractivity contribution >= 4 is 17.3 Å². The maximum absolute atomic E-state index is 12.8. The number of amides is 1. The van der Waals surface area contributed by atoms with E-state index in [1.165, 1.54) is 0 Å². The van der Waals surface area contributed by atoms with Crippen molar-refractivity contribution < 1.29 is 4.79 Å². The predicted molar refractivity (Wildman–Crippen MR) is 95.6 cm³/mol. The molecule has 2 aromatic rings. The number of rotatable bonds is 3. The van der Waals surface area contributed by atoms with Gasteiger partial charge in [-0.05, 0) is 48.1 Å². The molecule has 1 aliphatic rings. The normalized spacial score (nSPS) is 16.3. The number of aryl methyl sites for hydroxylation is 1. The van der Waals surface area contributed by atoms with Crippen LogP contribution >= 0.6 is 0 Å². The minimum absolute atomic E-state index is 0.102. The first-order chi connectivity index (χ1) is 11.6. The van der Waals surface area contributed by atoms with Crippen LogP contribution < -0.4 is 10.6 Å². The Kier molecular flexibility index (Phi) is 4.52. The second kappa shape index (κ2) is 6.76. The lowest BCUT2D eigenvalue weighted by atomic mass is 9.92. The molecule has 1 amide bonds. The summed E-state index contributed by atoms with van der Waals surface area (Å²) in [5.41, 5.74) is 10.5. The lowest BCUT2D eigenvalue weighted by Gasteiger charge is -2.34. The third-order valence-electron chi connectivity index (χ3n) is 4.49. The van der Waals surface area contributed by atoms with Gasteiger partial charge < -0.3 is 10.6 Å². The molecule has 0 aliphatic carbocycles. The van der Waals surface area contributed by atoms with Crippen LogP contribution in [-0.4, -0.2) is 12.5 Å². The maximum atomic E-state index is 12.8. The zero-order chi connectivity index (χ0) is 17.1. The van der Waals surface area contributed by atoms with Crippen molar-refractivity contribution in [2.24, 2.45) is 5.92 Å². The number of para-hydroxylation sites is 1. The number of carbonyl (C=O) groups is 1. The Morgan fingerprint density at radius 2 is 2.04 bits per heavy atom. The van der Waals surface area contributed by atoms with Gasteiger partial charge in [-0.25, -0.2) is 0 Å². The number of benzene rings is 2. The third kappa shape index (κ3) is 3.26. The molecule has 3 rings (SSSR count). The molecular weight excluding hydrogens is 298 g/mol. The SMILES string of the molecule is CC1Cc2cccc(N)c2N(C(=O)CCc2ccc(C#N)cc2)C1. The van der Waals surface area contributed by atoms with E-state index in [1.807, 2.05) is 29.2 Å². The van der Waals surface area contributed by atoms with Gasteiger partial charge in [0.2, 0.25) is 5.91 Å². The van der Waals surface area contributed by atoms with Gasteiger partial charge >= 0.3 is 0 Å². The maximum Gasteiger partial charge on any atom is 0.227 e. The molecule has 0 radical (unpaired) electrons. The Hall–Kier alpha value is -2.80. The van der Waals surface area contributed by atoms with Crippen LogP contribution in [0.3, 0.4) is 0 Å². The molecule has 0 fully saturated rings. The topological polar surface area (TPSA) is 70.1 Å². The van der Waals surface area contributed by atoms with Gasteiger partial charge in [0.1, 0.15) is 0 Å². The fourth-order valence-corrected chi connectivity index (χ4v) is 3.31. The summed E-state index contributed by atoms with van der Waals surface area (Å²) in [7, 11) is 0. The number of carbonyl (C=O) groups excluding carboxylic acids is 1. The molecule has 4 nitrogen and oxygen atoms in total. The molecule has 122 valence electrons. The summed E-state index contributed by atoms with van der Waals surface area (Å²) in [5.74, 6) is 0.531. The first kappa shape index (κ1) is 16.1. The molecule has 0 spiro atoms. The molecule has 2 aromatic carbocycles. The molecule has 1 unspecified atom stereocenters. The van der Waals surface area contributed by atoms with E-state index in [-0.39, 0.29) is 5.91 Å². The van der Waals surface area contributed by atoms with Gasteiger partial charge in [-0.3, -0.25) is 4.79 Å². The van der Waals surface area contributed by atoms with Crippen LogP contribution in [-0.2, 0) is 17.6 Å². The average molecular weight is 319 g/mol. The molecule has 1 heterocycles. The Bertz CT molecular complexity index is 790. The minimum Gasteiger partial charge on any atom is -0.397 e. The van der Waals surface area contributed by atoms with Gasteiger partial charge in [0.15, 0.2) is 0 Å². The lowest BCUT2D eigenvalue weighted by Crippen LogP contribution is -2.39. The van der Waals surface area contributed by atoms with Crippen LogP contribution in [0.25, 0.3) is 0 Å². The Balaban J connectivity index is 1.74. The van der Waals surface area contributed by atoms with Crippen molar-refractivity contribution in [3.8, 4) is 6.07 Å². The summed E-state index contributed by atoms with van der Waals surface area (Å²) in [6, 6.07) is 15.4. The average Bonchev–Trinajstić information content (AvgIpc) is 2.59. The van der Waals surface area contributed by atoms with E-state index in [1.54, 1.807) is 12.1 Å². The smallest absolute Gasteiger partial charge is 0.227 e. The van der Waals surface area contributed by atoms with Gasteiger partial charge in [0.25, 0.3) is 0 Å². The monoisotopic (exact) mass is 319 g/mol. The van der Waals surface area contributed by atoms with Crippen molar-refractivity contribution in [1.29, 1.82) is 5.26 Å². The highest BCUT2D eigenvalue weighted by Crippen LogP contribution is 2.35. The van der Waals surface area contributed by atoms with Gasteiger partial charge in [0.05, 0.1) is 23.0 Å². The van der Waals surface area contributed by atoms with E-state index in [0.717, 1.165) is 23.2 Å². The molecular formula is C20H21N3O. The van der Waals surface area contributed by atoms with Crippen molar-refractivity contribution in [1.82, 2.24) is 0 Å². The second-order valence-corrected chi connectivity index (χ2v) is 6.48. The van der Waals surface area contributed by atoms with Crippen molar-refractivity contribution in [3.05, 3.63) is 59.2 Å². The van der Waals surface area contributed by atoms with Crippen LogP contribution in [0.1, 0.15) is 30.0 Å². The van der Waals surface area contributed by atoms with Crippen LogP contribution in [0.5, 0.6) is 0 Å². The predicted octanol–water partition coefficient (Wildman–Crippen LogP) is 3.30. The summed E-state index contributed by atoms with van der Waals surface area (Å²) in [5, 5.41) is 8.84. The Labute approximate surface area is 142 Å². The number of hydrogen-bond acceptors (Lipinski definition) is 3. The molecule has 24 heavy (non-hydrogen) atoms. The minimum atomic E-state index is 0.102. The first-order valence-corrected chi connectivity index (χ1v) is 8.25. The Morgan fingerprint density at radius 1 is 1.29 bits per heavy atom. The highest BCUT2D eigenvalue weighted by molar-refractivity contribution is 5.98. The van der Waals surface area contributed by atoms with Crippen LogP contribution in [0.2, 0.25) is 0 Å². The second-order valence-electron chi connectivity index (χ2n) is 6.48. The van der Waals surface area contributed by atoms with Crippen molar-refractivity contribution in [2.45, 2.75) is 26.2 Å². The fraction of sp³-hybridized carbons (Fsp3) is 0.300. The number of nitrogens with two attached hydrogens (primary N) is 1. The zero-order valence-electron chi connectivity index (χ0n) is 13.8. The molecule has 0 bridgehead atoms. The number of fused-ring (bicyclic) bond motifs is 1. The highest BCUT2D eigenvalue weighted by atomic mass is 16.2. The summed E-state index contributed by atoms with van der Waals surface area (Å²) in [6.07, 6.45) is 2.06. The number of nitrogens with zero attached hydrogens (tertiary/aromatic N) is 2. The molecule has 2 N–H and O–H groups in total. The largest absolute Gasteiger partial charge is 0.397 e. The standard InChI is InChI=1S/C20H21N3O/c1-14-11-17-3-2-4-18(22)20(17)23(13-14)19(24)10-9-15-5-7-16(12-21)8-6-15/h2-8,14H,9-11,13,22H2,1H3. The number of hydrogen-bond donors (Lipinski definition) is 1. The molecule has 0 aromatic heterocycles. The first-order valence-electron chi connectivity index (χ1n) is 8.25. The van der Waals surface area contributed by atoms with E-state index in [9.17, 15) is 4.79 Å². The van der Waals surface area contributed by atoms with E-state index in [2.05, 4.69) is 19.1 Å². The molecule has 0 saturated heterocycles. The van der Waals surface area contributed by atoms with E-state index < -0.39 is 0 Å². The zero-order valence-corrected chi connectivity index (χ0v) is 13.8. The van der Waals surface area contributed by atoms with Crippen LogP contribution in [0.15, 0.2) is 42.5 Å². The number of nitriles is 1. The number of nitrogen functional groups attached to an aromatic ring is 1. The van der Waals surface area contributed by atoms with Crippen molar-refractivity contribution in [3.63, 3.8) is 0 Å². The molecule has 4 heteroatoms. The number of anilines is 2. The summed E-state index contributed by atoms with van der Waals surface area (Å²) in [6.45, 7) is 2.88. The van der Waals surface area contributed by atoms with Crippen LogP contribution in [0.4, 0.5) is 11.4 Å². The van der Waals surface area contributed by atoms with E-state index in [0.29, 0.717) is 36.6 Å². The Morgan fingerprint density at radius 3 is 2.75 bits per heavy atom. The molecule has 1 aliphatic heterocycles. The molecule has 0 saturated carbocycles. The summed E-state index contributed by atoms with van der Waals surface area (Å²) in [4.78, 5) is 14.6. The van der Waals surface area contributed by atoms with E-state index in [4.69, 9.17) is 11.0 Å². The van der Waals surface area contributed by atoms with Gasteiger partial charge in [-0.15, -0.1) is 0 Å². The van der Waals surface area contributed by atoms with Gasteiger partial charge in [-0.1, -0.05) is 31.2 Å². The van der Waals surface area contributed by atoms with Crippen molar-refractivity contribution in [2.75, 3.05) is 17.2 Å². The molecule has 1 atom stereocenters. The lowest BCUT2D eigenvalue weighted by molar-refractivity contribution is -0.118. The highest BCUT2D eigenvalue weighted by Gasteiger charge is 2.27. The summed E-state index contributed by atoms with van der Waals surface area (Å²) < 4.78 is 0. The van der Waals surface area contributed by atoms with Gasteiger partial charge in [-0.2, -0.15) is 5.26 Å². The van der Waals surface area contributed by atoms with Crippen LogP contribution in [0, 0.1) is 17.2 Å². The van der Waals surface area contributed by atoms with Gasteiger partial charge in [0, 0.05) is 13.0 Å². The van der Waals surface area contributed by atoms with E-state index >= 15 is 0 Å². The fourth-order valence-electron chi connectivity index (χ4n) is 3.31. The summed E-state index contributed by atoms with van der Waals surface area (Å²) >= 11 is 0. The third-order valence-corrected chi connectivity index (χ3v) is 4.49. The quantitative estimate of drug-likeness (QED) is 0.882.